The first-order chi connectivity index (χ1) is 10.7. The molecule has 6 heteroatoms. The first-order valence-corrected chi connectivity index (χ1v) is 8.96. The molecular weight excluding hydrogens is 312 g/mol. The molecule has 0 saturated heterocycles. The SMILES string of the molecule is Cc1ccc(C)c(NC(=O)c2ccc(N(C)S(C)(=O)=O)cc2)c1. The number of nitrogens with one attached hydrogen (secondary N) is 1. The van der Waals surface area contributed by atoms with Gasteiger partial charge in [-0.15, -0.1) is 0 Å². The van der Waals surface area contributed by atoms with Crippen LogP contribution in [0.5, 0.6) is 0 Å². The average Bonchev–Trinajstić information content (AvgIpc) is 2.49. The molecule has 0 saturated carbocycles. The number of carbonyl (C=O) groups excluding carboxylic acids is 1. The number of hydrogen-bond donors (Lipinski definition) is 1. The molecule has 0 fully saturated rings. The fourth-order valence-electron chi connectivity index (χ4n) is 2.08. The number of anilines is 2. The Morgan fingerprint density at radius 1 is 1.04 bits per heavy atom. The lowest BCUT2D eigenvalue weighted by atomic mass is 10.1. The third-order valence-electron chi connectivity index (χ3n) is 3.63. The summed E-state index contributed by atoms with van der Waals surface area (Å²) < 4.78 is 24.2. The molecule has 0 aliphatic carbocycles. The van der Waals surface area contributed by atoms with Crippen LogP contribution in [0.4, 0.5) is 11.4 Å². The van der Waals surface area contributed by atoms with Crippen molar-refractivity contribution in [2.24, 2.45) is 0 Å². The van der Waals surface area contributed by atoms with E-state index in [1.807, 2.05) is 32.0 Å². The van der Waals surface area contributed by atoms with Crippen LogP contribution < -0.4 is 9.62 Å². The quantitative estimate of drug-likeness (QED) is 0.936. The Kier molecular flexibility index (Phi) is 4.75. The van der Waals surface area contributed by atoms with E-state index >= 15 is 0 Å². The van der Waals surface area contributed by atoms with E-state index in [1.54, 1.807) is 24.3 Å². The van der Waals surface area contributed by atoms with Gasteiger partial charge in [-0.25, -0.2) is 8.42 Å². The van der Waals surface area contributed by atoms with Gasteiger partial charge in [0.25, 0.3) is 5.91 Å². The predicted octanol–water partition coefficient (Wildman–Crippen LogP) is 2.95. The van der Waals surface area contributed by atoms with Crippen molar-refractivity contribution >= 4 is 27.3 Å². The van der Waals surface area contributed by atoms with Crippen molar-refractivity contribution in [3.63, 3.8) is 0 Å². The van der Waals surface area contributed by atoms with Crippen molar-refractivity contribution in [2.45, 2.75) is 13.8 Å². The number of carbonyl (C=O) groups is 1. The first kappa shape index (κ1) is 17.0. The van der Waals surface area contributed by atoms with E-state index < -0.39 is 10.0 Å². The molecule has 0 bridgehead atoms. The largest absolute Gasteiger partial charge is 0.322 e. The van der Waals surface area contributed by atoms with Gasteiger partial charge in [0.15, 0.2) is 0 Å². The molecule has 23 heavy (non-hydrogen) atoms. The molecule has 0 aromatic heterocycles. The molecular formula is C17H20N2O3S. The zero-order chi connectivity index (χ0) is 17.2. The van der Waals surface area contributed by atoms with E-state index in [0.717, 1.165) is 23.1 Å². The fraction of sp³-hybridized carbons (Fsp3) is 0.235. The van der Waals surface area contributed by atoms with Gasteiger partial charge in [-0.1, -0.05) is 12.1 Å². The van der Waals surface area contributed by atoms with Gasteiger partial charge in [0.1, 0.15) is 0 Å². The molecule has 1 amide bonds. The summed E-state index contributed by atoms with van der Waals surface area (Å²) in [5.41, 5.74) is 3.80. The summed E-state index contributed by atoms with van der Waals surface area (Å²) in [6.07, 6.45) is 1.13. The van der Waals surface area contributed by atoms with E-state index in [2.05, 4.69) is 5.32 Å². The van der Waals surface area contributed by atoms with Crippen LogP contribution in [0, 0.1) is 13.8 Å². The van der Waals surface area contributed by atoms with Crippen molar-refractivity contribution in [2.75, 3.05) is 22.9 Å². The van der Waals surface area contributed by atoms with E-state index in [0.29, 0.717) is 11.3 Å². The number of sulfonamides is 1. The molecule has 2 aromatic rings. The maximum Gasteiger partial charge on any atom is 0.255 e. The zero-order valence-corrected chi connectivity index (χ0v) is 14.4. The highest BCUT2D eigenvalue weighted by Crippen LogP contribution is 2.19. The summed E-state index contributed by atoms with van der Waals surface area (Å²) in [4.78, 5) is 12.3. The minimum atomic E-state index is -3.32. The molecule has 2 rings (SSSR count). The Morgan fingerprint density at radius 2 is 1.65 bits per heavy atom. The average molecular weight is 332 g/mol. The van der Waals surface area contributed by atoms with Crippen molar-refractivity contribution < 1.29 is 13.2 Å². The van der Waals surface area contributed by atoms with Crippen LogP contribution in [0.25, 0.3) is 0 Å². The lowest BCUT2D eigenvalue weighted by Crippen LogP contribution is -2.24. The van der Waals surface area contributed by atoms with E-state index in [9.17, 15) is 13.2 Å². The monoisotopic (exact) mass is 332 g/mol. The normalized spacial score (nSPS) is 11.1. The van der Waals surface area contributed by atoms with E-state index in [-0.39, 0.29) is 5.91 Å². The molecule has 0 heterocycles. The molecule has 0 unspecified atom stereocenters. The minimum absolute atomic E-state index is 0.229. The van der Waals surface area contributed by atoms with Gasteiger partial charge in [0.05, 0.1) is 11.9 Å². The van der Waals surface area contributed by atoms with Crippen LogP contribution in [-0.2, 0) is 10.0 Å². The number of benzene rings is 2. The molecule has 0 spiro atoms. The second-order valence-corrected chi connectivity index (χ2v) is 7.56. The molecule has 1 N–H and O–H groups in total. The smallest absolute Gasteiger partial charge is 0.255 e. The van der Waals surface area contributed by atoms with Gasteiger partial charge >= 0.3 is 0 Å². The summed E-state index contributed by atoms with van der Waals surface area (Å²) in [7, 11) is -1.84. The Balaban J connectivity index is 2.19. The van der Waals surface area contributed by atoms with Crippen molar-refractivity contribution in [1.82, 2.24) is 0 Å². The van der Waals surface area contributed by atoms with Crippen molar-refractivity contribution in [3.8, 4) is 0 Å². The standard InChI is InChI=1S/C17H20N2O3S/c1-12-5-6-13(2)16(11-12)18-17(20)14-7-9-15(10-8-14)19(3)23(4,21)22/h5-11H,1-4H3,(H,18,20). The van der Waals surface area contributed by atoms with Crippen LogP contribution in [-0.4, -0.2) is 27.6 Å². The maximum atomic E-state index is 12.3. The number of nitrogens with zero attached hydrogens (tertiary/aromatic N) is 1. The minimum Gasteiger partial charge on any atom is -0.322 e. The van der Waals surface area contributed by atoms with Crippen LogP contribution in [0.2, 0.25) is 0 Å². The summed E-state index contributed by atoms with van der Waals surface area (Å²) in [6, 6.07) is 12.3. The predicted molar refractivity (Wildman–Crippen MR) is 93.6 cm³/mol. The number of amides is 1. The fourth-order valence-corrected chi connectivity index (χ4v) is 2.58. The van der Waals surface area contributed by atoms with Gasteiger partial charge in [-0.3, -0.25) is 9.10 Å². The highest BCUT2D eigenvalue weighted by Gasteiger charge is 2.13. The Hall–Kier alpha value is -2.34. The second kappa shape index (κ2) is 6.42. The topological polar surface area (TPSA) is 66.5 Å². The number of aryl methyl sites for hydroxylation is 2. The van der Waals surface area contributed by atoms with Gasteiger partial charge in [-0.2, -0.15) is 0 Å². The Morgan fingerprint density at radius 3 is 2.22 bits per heavy atom. The molecule has 0 atom stereocenters. The highest BCUT2D eigenvalue weighted by atomic mass is 32.2. The number of rotatable bonds is 4. The summed E-state index contributed by atoms with van der Waals surface area (Å²) in [5, 5.41) is 2.88. The van der Waals surface area contributed by atoms with Crippen LogP contribution in [0.1, 0.15) is 21.5 Å². The lowest BCUT2D eigenvalue weighted by molar-refractivity contribution is 0.102. The van der Waals surface area contributed by atoms with Gasteiger partial charge in [0, 0.05) is 18.3 Å². The van der Waals surface area contributed by atoms with Crippen molar-refractivity contribution in [1.29, 1.82) is 0 Å². The second-order valence-electron chi connectivity index (χ2n) is 5.55. The first-order valence-electron chi connectivity index (χ1n) is 7.11. The van der Waals surface area contributed by atoms with Crippen LogP contribution in [0.3, 0.4) is 0 Å². The van der Waals surface area contributed by atoms with Crippen LogP contribution >= 0.6 is 0 Å². The summed E-state index contributed by atoms with van der Waals surface area (Å²) >= 11 is 0. The third-order valence-corrected chi connectivity index (χ3v) is 4.84. The Bertz CT molecular complexity index is 827. The zero-order valence-electron chi connectivity index (χ0n) is 13.6. The van der Waals surface area contributed by atoms with E-state index in [4.69, 9.17) is 0 Å². The Labute approximate surface area is 137 Å². The van der Waals surface area contributed by atoms with Gasteiger partial charge in [-0.05, 0) is 55.3 Å². The molecule has 0 aliphatic rings. The van der Waals surface area contributed by atoms with Crippen LogP contribution in [0.15, 0.2) is 42.5 Å². The van der Waals surface area contributed by atoms with Gasteiger partial charge in [0.2, 0.25) is 10.0 Å². The summed E-state index contributed by atoms with van der Waals surface area (Å²) in [5.74, 6) is -0.229. The molecule has 0 radical (unpaired) electrons. The van der Waals surface area contributed by atoms with Gasteiger partial charge < -0.3 is 5.32 Å². The molecule has 2 aromatic carbocycles. The van der Waals surface area contributed by atoms with E-state index in [1.165, 1.54) is 11.4 Å². The third kappa shape index (κ3) is 4.10. The molecule has 122 valence electrons. The maximum absolute atomic E-state index is 12.3. The number of hydrogen-bond acceptors (Lipinski definition) is 3. The van der Waals surface area contributed by atoms with Crippen molar-refractivity contribution in [3.05, 3.63) is 59.2 Å². The summed E-state index contributed by atoms with van der Waals surface area (Å²) in [6.45, 7) is 3.89. The highest BCUT2D eigenvalue weighted by molar-refractivity contribution is 7.92. The molecule has 5 nitrogen and oxygen atoms in total. The molecule has 0 aliphatic heterocycles. The lowest BCUT2D eigenvalue weighted by Gasteiger charge is -2.16.